The molecule has 2 aromatic heterocycles. The Bertz CT molecular complexity index is 1050. The third-order valence-electron chi connectivity index (χ3n) is 4.04. The van der Waals surface area contributed by atoms with Crippen molar-refractivity contribution in [1.82, 2.24) is 9.88 Å². The summed E-state index contributed by atoms with van der Waals surface area (Å²) >= 11 is 6.73. The summed E-state index contributed by atoms with van der Waals surface area (Å²) in [6.45, 7) is 1.27. The van der Waals surface area contributed by atoms with Crippen LogP contribution in [0.3, 0.4) is 0 Å². The molecule has 0 saturated heterocycles. The van der Waals surface area contributed by atoms with Crippen molar-refractivity contribution < 1.29 is 27.2 Å². The number of nitrogens with one attached hydrogen (secondary N) is 1. The van der Waals surface area contributed by atoms with Crippen molar-refractivity contribution in [3.05, 3.63) is 69.0 Å². The average molecular weight is 458 g/mol. The number of benzene rings is 1. The molecule has 0 aliphatic carbocycles. The van der Waals surface area contributed by atoms with Gasteiger partial charge in [0, 0.05) is 5.69 Å². The second kappa shape index (κ2) is 8.88. The third-order valence-corrected chi connectivity index (χ3v) is 5.29. The number of hydrogen-bond donors (Lipinski definition) is 1. The quantitative estimate of drug-likeness (QED) is 0.565. The molecule has 0 bridgehead atoms. The lowest BCUT2D eigenvalue weighted by Gasteiger charge is -2.21. The van der Waals surface area contributed by atoms with Gasteiger partial charge >= 0.3 is 6.18 Å². The average Bonchev–Trinajstić information content (AvgIpc) is 3.33. The summed E-state index contributed by atoms with van der Waals surface area (Å²) in [4.78, 5) is 31.0. The lowest BCUT2D eigenvalue weighted by atomic mass is 10.2. The number of carbonyl (C=O) groups excluding carboxylic acids is 2. The molecule has 2 amide bonds. The Balaban J connectivity index is 1.78. The summed E-state index contributed by atoms with van der Waals surface area (Å²) in [5, 5.41) is 1.90. The Morgan fingerprint density at radius 1 is 1.30 bits per heavy atom. The molecule has 0 aliphatic heterocycles. The molecule has 0 unspecified atom stereocenters. The molecule has 2 heterocycles. The van der Waals surface area contributed by atoms with E-state index in [9.17, 15) is 22.8 Å². The smallest absolute Gasteiger partial charge is 0.417 e. The van der Waals surface area contributed by atoms with Gasteiger partial charge in [0.15, 0.2) is 0 Å². The van der Waals surface area contributed by atoms with Crippen LogP contribution in [0.5, 0.6) is 0 Å². The van der Waals surface area contributed by atoms with E-state index in [0.29, 0.717) is 16.3 Å². The predicted molar refractivity (Wildman–Crippen MR) is 105 cm³/mol. The monoisotopic (exact) mass is 457 g/mol. The van der Waals surface area contributed by atoms with Crippen molar-refractivity contribution in [2.45, 2.75) is 19.6 Å². The second-order valence-electron chi connectivity index (χ2n) is 6.25. The van der Waals surface area contributed by atoms with Gasteiger partial charge in [-0.05, 0) is 37.3 Å². The molecule has 30 heavy (non-hydrogen) atoms. The Morgan fingerprint density at radius 3 is 2.67 bits per heavy atom. The van der Waals surface area contributed by atoms with Crippen molar-refractivity contribution in [3.63, 3.8) is 0 Å². The van der Waals surface area contributed by atoms with Crippen LogP contribution in [0.25, 0.3) is 0 Å². The van der Waals surface area contributed by atoms with Crippen molar-refractivity contribution in [1.29, 1.82) is 0 Å². The Morgan fingerprint density at radius 2 is 2.07 bits per heavy atom. The van der Waals surface area contributed by atoms with Gasteiger partial charge in [-0.1, -0.05) is 11.6 Å². The minimum atomic E-state index is -4.66. The van der Waals surface area contributed by atoms with Crippen LogP contribution in [0.1, 0.15) is 26.7 Å². The number of aryl methyl sites for hydroxylation is 1. The highest BCUT2D eigenvalue weighted by Gasteiger charge is 2.33. The van der Waals surface area contributed by atoms with Crippen LogP contribution < -0.4 is 5.32 Å². The van der Waals surface area contributed by atoms with E-state index in [1.807, 2.05) is 0 Å². The Labute approximate surface area is 178 Å². The minimum Gasteiger partial charge on any atom is -0.467 e. The molecule has 3 rings (SSSR count). The number of furan rings is 1. The Hall–Kier alpha value is -2.85. The van der Waals surface area contributed by atoms with Crippen molar-refractivity contribution >= 4 is 40.4 Å². The van der Waals surface area contributed by atoms with Gasteiger partial charge in [0.2, 0.25) is 5.91 Å². The summed E-state index contributed by atoms with van der Waals surface area (Å²) in [7, 11) is 0. The van der Waals surface area contributed by atoms with Gasteiger partial charge in [0.05, 0.1) is 34.6 Å². The van der Waals surface area contributed by atoms with E-state index in [1.165, 1.54) is 22.7 Å². The fraction of sp³-hybridized carbons (Fsp3) is 0.211. The fourth-order valence-corrected chi connectivity index (χ4v) is 3.63. The molecule has 3 aromatic rings. The molecule has 0 saturated carbocycles. The number of halogens is 4. The maximum Gasteiger partial charge on any atom is 0.417 e. The lowest BCUT2D eigenvalue weighted by Crippen LogP contribution is -2.37. The van der Waals surface area contributed by atoms with E-state index in [2.05, 4.69) is 10.3 Å². The lowest BCUT2D eigenvalue weighted by molar-refractivity contribution is -0.137. The third kappa shape index (κ3) is 5.19. The highest BCUT2D eigenvalue weighted by Crippen LogP contribution is 2.36. The highest BCUT2D eigenvalue weighted by atomic mass is 35.5. The highest BCUT2D eigenvalue weighted by molar-refractivity contribution is 7.11. The van der Waals surface area contributed by atoms with Crippen molar-refractivity contribution in [3.8, 4) is 0 Å². The number of hydrogen-bond acceptors (Lipinski definition) is 5. The maximum atomic E-state index is 13.0. The molecule has 0 fully saturated rings. The molecule has 0 spiro atoms. The zero-order valence-corrected chi connectivity index (χ0v) is 17.1. The number of anilines is 1. The van der Waals surface area contributed by atoms with Crippen LogP contribution in [0.15, 0.2) is 46.5 Å². The summed E-state index contributed by atoms with van der Waals surface area (Å²) in [5.41, 5.74) is 0.879. The SMILES string of the molecule is Cc1ncsc1C(=O)N(CC(=O)Nc1ccc(Cl)c(C(F)(F)F)c1)Cc1ccco1. The molecule has 6 nitrogen and oxygen atoms in total. The van der Waals surface area contributed by atoms with Crippen LogP contribution in [0, 0.1) is 6.92 Å². The van der Waals surface area contributed by atoms with Crippen LogP contribution >= 0.6 is 22.9 Å². The number of aromatic nitrogens is 1. The normalized spacial score (nSPS) is 11.4. The molecular formula is C19H15ClF3N3O3S. The second-order valence-corrected chi connectivity index (χ2v) is 7.51. The molecule has 0 aliphatic rings. The zero-order chi connectivity index (χ0) is 21.9. The van der Waals surface area contributed by atoms with E-state index in [0.717, 1.165) is 23.5 Å². The first-order chi connectivity index (χ1) is 14.1. The van der Waals surface area contributed by atoms with E-state index < -0.39 is 35.1 Å². The van der Waals surface area contributed by atoms with Gasteiger partial charge in [-0.2, -0.15) is 13.2 Å². The van der Waals surface area contributed by atoms with Gasteiger partial charge in [-0.25, -0.2) is 4.98 Å². The molecule has 11 heteroatoms. The van der Waals surface area contributed by atoms with E-state index in [1.54, 1.807) is 19.1 Å². The number of rotatable bonds is 6. The molecular weight excluding hydrogens is 443 g/mol. The van der Waals surface area contributed by atoms with Gasteiger partial charge in [-0.3, -0.25) is 9.59 Å². The molecule has 1 N–H and O–H groups in total. The van der Waals surface area contributed by atoms with Gasteiger partial charge in [0.1, 0.15) is 17.2 Å². The predicted octanol–water partition coefficient (Wildman–Crippen LogP) is 5.00. The number of nitrogens with zero attached hydrogens (tertiary/aromatic N) is 2. The van der Waals surface area contributed by atoms with Gasteiger partial charge in [0.25, 0.3) is 5.91 Å². The van der Waals surface area contributed by atoms with E-state index in [4.69, 9.17) is 16.0 Å². The standard InChI is InChI=1S/C19H15ClF3N3O3S/c1-11-17(30-10-24-11)18(28)26(8-13-3-2-6-29-13)9-16(27)25-12-4-5-15(20)14(7-12)19(21,22)23/h2-7,10H,8-9H2,1H3,(H,25,27). The first-order valence-electron chi connectivity index (χ1n) is 8.53. The molecule has 0 atom stereocenters. The summed E-state index contributed by atoms with van der Waals surface area (Å²) in [6.07, 6.45) is -3.23. The number of thiazole rings is 1. The minimum absolute atomic E-state index is 0.00497. The zero-order valence-electron chi connectivity index (χ0n) is 15.5. The maximum absolute atomic E-state index is 13.0. The summed E-state index contributed by atoms with van der Waals surface area (Å²) in [5.74, 6) is -0.662. The first-order valence-corrected chi connectivity index (χ1v) is 9.79. The van der Waals surface area contributed by atoms with E-state index in [-0.39, 0.29) is 12.2 Å². The van der Waals surface area contributed by atoms with Gasteiger partial charge < -0.3 is 14.6 Å². The van der Waals surface area contributed by atoms with Crippen LogP contribution in [-0.2, 0) is 17.5 Å². The topological polar surface area (TPSA) is 75.4 Å². The number of carbonyl (C=O) groups is 2. The molecule has 0 radical (unpaired) electrons. The fourth-order valence-electron chi connectivity index (χ4n) is 2.64. The van der Waals surface area contributed by atoms with Crippen LogP contribution in [0.4, 0.5) is 18.9 Å². The number of alkyl halides is 3. The van der Waals surface area contributed by atoms with Crippen molar-refractivity contribution in [2.24, 2.45) is 0 Å². The molecule has 1 aromatic carbocycles. The Kier molecular flexibility index (Phi) is 6.47. The molecule has 158 valence electrons. The van der Waals surface area contributed by atoms with E-state index >= 15 is 0 Å². The largest absolute Gasteiger partial charge is 0.467 e. The summed E-state index contributed by atoms with van der Waals surface area (Å²) < 4.78 is 44.3. The summed E-state index contributed by atoms with van der Waals surface area (Å²) in [6, 6.07) is 6.33. The van der Waals surface area contributed by atoms with Crippen molar-refractivity contribution in [2.75, 3.05) is 11.9 Å². The number of amides is 2. The van der Waals surface area contributed by atoms with Crippen LogP contribution in [-0.4, -0.2) is 28.2 Å². The van der Waals surface area contributed by atoms with Gasteiger partial charge in [-0.15, -0.1) is 11.3 Å². The first kappa shape index (κ1) is 21.8. The van der Waals surface area contributed by atoms with Crippen LogP contribution in [0.2, 0.25) is 5.02 Å².